The van der Waals surface area contributed by atoms with Crippen molar-refractivity contribution >= 4 is 16.5 Å². The third-order valence-corrected chi connectivity index (χ3v) is 3.79. The molecule has 0 bridgehead atoms. The average Bonchev–Trinajstić information content (AvgIpc) is 2.68. The maximum Gasteiger partial charge on any atom is 0.185 e. The van der Waals surface area contributed by atoms with Gasteiger partial charge in [0.25, 0.3) is 0 Å². The monoisotopic (exact) mass is 257 g/mol. The summed E-state index contributed by atoms with van der Waals surface area (Å²) < 4.78 is 5.35. The highest BCUT2D eigenvalue weighted by molar-refractivity contribution is 7.15. The van der Waals surface area contributed by atoms with Crippen LogP contribution in [0.25, 0.3) is 0 Å². The second-order valence-electron chi connectivity index (χ2n) is 3.90. The van der Waals surface area contributed by atoms with Crippen LogP contribution in [0.4, 0.5) is 5.13 Å². The Morgan fingerprint density at radius 2 is 2.18 bits per heavy atom. The molecule has 0 fully saturated rings. The molecule has 1 N–H and O–H groups in total. The smallest absolute Gasteiger partial charge is 0.185 e. The average molecular weight is 257 g/mol. The zero-order valence-corrected chi connectivity index (χ0v) is 12.1. The number of aromatic nitrogens is 1. The lowest BCUT2D eigenvalue weighted by Gasteiger charge is -2.14. The van der Waals surface area contributed by atoms with E-state index in [1.807, 2.05) is 6.92 Å². The van der Waals surface area contributed by atoms with Gasteiger partial charge in [-0.1, -0.05) is 6.92 Å². The maximum absolute atomic E-state index is 5.35. The summed E-state index contributed by atoms with van der Waals surface area (Å²) >= 11 is 1.76. The summed E-state index contributed by atoms with van der Waals surface area (Å²) in [5.74, 6) is 0. The number of anilines is 1. The number of hydrogen-bond donors (Lipinski definition) is 1. The van der Waals surface area contributed by atoms with Crippen LogP contribution in [0.3, 0.4) is 0 Å². The molecule has 0 saturated heterocycles. The van der Waals surface area contributed by atoms with Gasteiger partial charge in [0.2, 0.25) is 0 Å². The highest BCUT2D eigenvalue weighted by Crippen LogP contribution is 2.24. The van der Waals surface area contributed by atoms with E-state index >= 15 is 0 Å². The molecule has 0 spiro atoms. The summed E-state index contributed by atoms with van der Waals surface area (Å²) in [6, 6.07) is 0. The molecule has 1 aromatic rings. The quantitative estimate of drug-likeness (QED) is 0.723. The van der Waals surface area contributed by atoms with E-state index < -0.39 is 0 Å². The molecule has 0 atom stereocenters. The van der Waals surface area contributed by atoms with Crippen LogP contribution in [0, 0.1) is 6.92 Å². The summed E-state index contributed by atoms with van der Waals surface area (Å²) in [7, 11) is 2.06. The van der Waals surface area contributed by atoms with E-state index in [0.717, 1.165) is 43.7 Å². The first-order chi connectivity index (χ1) is 8.19. The summed E-state index contributed by atoms with van der Waals surface area (Å²) in [4.78, 5) is 8.07. The number of nitrogens with zero attached hydrogens (tertiary/aromatic N) is 2. The predicted molar refractivity (Wildman–Crippen MR) is 74.0 cm³/mol. The Hall–Kier alpha value is -0.650. The topological polar surface area (TPSA) is 37.4 Å². The standard InChI is InChI=1S/C12H23N3OS/c1-5-13-9-11-10(3)14-12(17-11)15(4)7-8-16-6-2/h13H,5-9H2,1-4H3. The lowest BCUT2D eigenvalue weighted by molar-refractivity contribution is 0.154. The normalized spacial score (nSPS) is 10.8. The van der Waals surface area contributed by atoms with Crippen molar-refractivity contribution < 1.29 is 4.74 Å². The van der Waals surface area contributed by atoms with Crippen LogP contribution in [0.1, 0.15) is 24.4 Å². The molecular formula is C12H23N3OS. The minimum Gasteiger partial charge on any atom is -0.380 e. The molecule has 0 unspecified atom stereocenters. The minimum atomic E-state index is 0.758. The second kappa shape index (κ2) is 7.63. The summed E-state index contributed by atoms with van der Waals surface area (Å²) in [5, 5.41) is 4.42. The molecule has 1 rings (SSSR count). The lowest BCUT2D eigenvalue weighted by atomic mass is 10.4. The molecule has 0 aliphatic carbocycles. The fourth-order valence-corrected chi connectivity index (χ4v) is 2.44. The second-order valence-corrected chi connectivity index (χ2v) is 4.97. The van der Waals surface area contributed by atoms with Crippen molar-refractivity contribution in [2.45, 2.75) is 27.3 Å². The van der Waals surface area contributed by atoms with Gasteiger partial charge in [-0.3, -0.25) is 0 Å². The van der Waals surface area contributed by atoms with Crippen molar-refractivity contribution in [3.05, 3.63) is 10.6 Å². The number of likely N-dealkylation sites (N-methyl/N-ethyl adjacent to an activating group) is 1. The van der Waals surface area contributed by atoms with E-state index in [9.17, 15) is 0 Å². The van der Waals surface area contributed by atoms with Gasteiger partial charge in [0.1, 0.15) is 0 Å². The van der Waals surface area contributed by atoms with Crippen LogP contribution < -0.4 is 10.2 Å². The highest BCUT2D eigenvalue weighted by atomic mass is 32.1. The van der Waals surface area contributed by atoms with Crippen molar-refractivity contribution in [3.63, 3.8) is 0 Å². The maximum atomic E-state index is 5.35. The zero-order valence-electron chi connectivity index (χ0n) is 11.2. The molecule has 1 aromatic heterocycles. The van der Waals surface area contributed by atoms with Crippen molar-refractivity contribution in [2.75, 3.05) is 38.3 Å². The van der Waals surface area contributed by atoms with Crippen LogP contribution in [-0.4, -0.2) is 38.3 Å². The molecule has 0 aromatic carbocycles. The predicted octanol–water partition coefficient (Wildman–Crippen LogP) is 2.03. The highest BCUT2D eigenvalue weighted by Gasteiger charge is 2.10. The third kappa shape index (κ3) is 4.61. The molecule has 0 radical (unpaired) electrons. The van der Waals surface area contributed by atoms with Gasteiger partial charge in [0.05, 0.1) is 12.3 Å². The van der Waals surface area contributed by atoms with E-state index in [0.29, 0.717) is 0 Å². The Morgan fingerprint density at radius 1 is 1.41 bits per heavy atom. The van der Waals surface area contributed by atoms with E-state index in [4.69, 9.17) is 4.74 Å². The molecule has 98 valence electrons. The van der Waals surface area contributed by atoms with Gasteiger partial charge in [-0.25, -0.2) is 4.98 Å². The Balaban J connectivity index is 2.52. The zero-order chi connectivity index (χ0) is 12.7. The minimum absolute atomic E-state index is 0.758. The van der Waals surface area contributed by atoms with Crippen LogP contribution in [0.15, 0.2) is 0 Å². The molecule has 0 aliphatic rings. The Labute approximate surface area is 108 Å². The SMILES string of the molecule is CCNCc1sc(N(C)CCOCC)nc1C. The van der Waals surface area contributed by atoms with Crippen molar-refractivity contribution in [2.24, 2.45) is 0 Å². The number of ether oxygens (including phenoxy) is 1. The van der Waals surface area contributed by atoms with Crippen LogP contribution >= 0.6 is 11.3 Å². The first-order valence-corrected chi connectivity index (χ1v) is 6.96. The van der Waals surface area contributed by atoms with Gasteiger partial charge in [-0.15, -0.1) is 11.3 Å². The number of hydrogen-bond acceptors (Lipinski definition) is 5. The number of nitrogens with one attached hydrogen (secondary N) is 1. The lowest BCUT2D eigenvalue weighted by Crippen LogP contribution is -2.22. The van der Waals surface area contributed by atoms with E-state index in [1.165, 1.54) is 4.88 Å². The molecule has 17 heavy (non-hydrogen) atoms. The van der Waals surface area contributed by atoms with Gasteiger partial charge in [-0.05, 0) is 20.4 Å². The number of rotatable bonds is 8. The Kier molecular flexibility index (Phi) is 6.47. The molecule has 1 heterocycles. The Morgan fingerprint density at radius 3 is 2.82 bits per heavy atom. The van der Waals surface area contributed by atoms with Gasteiger partial charge in [-0.2, -0.15) is 0 Å². The molecule has 0 saturated carbocycles. The molecular weight excluding hydrogens is 234 g/mol. The third-order valence-electron chi connectivity index (χ3n) is 2.52. The first-order valence-electron chi connectivity index (χ1n) is 6.14. The van der Waals surface area contributed by atoms with E-state index in [-0.39, 0.29) is 0 Å². The fraction of sp³-hybridized carbons (Fsp3) is 0.750. The van der Waals surface area contributed by atoms with Crippen LogP contribution in [0.2, 0.25) is 0 Å². The van der Waals surface area contributed by atoms with Crippen LogP contribution in [0.5, 0.6) is 0 Å². The number of thiazole rings is 1. The summed E-state index contributed by atoms with van der Waals surface area (Å²) in [5.41, 5.74) is 1.13. The van der Waals surface area contributed by atoms with Gasteiger partial charge in [0.15, 0.2) is 5.13 Å². The molecule has 0 amide bonds. The van der Waals surface area contributed by atoms with Crippen molar-refractivity contribution in [1.29, 1.82) is 0 Å². The summed E-state index contributed by atoms with van der Waals surface area (Å²) in [6.45, 7) is 10.5. The fourth-order valence-electron chi connectivity index (χ4n) is 1.42. The van der Waals surface area contributed by atoms with Crippen molar-refractivity contribution in [1.82, 2.24) is 10.3 Å². The van der Waals surface area contributed by atoms with Gasteiger partial charge in [0, 0.05) is 31.6 Å². The summed E-state index contributed by atoms with van der Waals surface area (Å²) in [6.07, 6.45) is 0. The van der Waals surface area contributed by atoms with Gasteiger partial charge >= 0.3 is 0 Å². The van der Waals surface area contributed by atoms with E-state index in [1.54, 1.807) is 11.3 Å². The van der Waals surface area contributed by atoms with Crippen molar-refractivity contribution in [3.8, 4) is 0 Å². The van der Waals surface area contributed by atoms with Crippen LogP contribution in [-0.2, 0) is 11.3 Å². The molecule has 4 nitrogen and oxygen atoms in total. The van der Waals surface area contributed by atoms with Gasteiger partial charge < -0.3 is 15.0 Å². The Bertz CT molecular complexity index is 328. The number of aryl methyl sites for hydroxylation is 1. The molecule has 0 aliphatic heterocycles. The van der Waals surface area contributed by atoms with E-state index in [2.05, 4.69) is 36.1 Å². The largest absolute Gasteiger partial charge is 0.380 e. The first kappa shape index (κ1) is 14.4. The molecule has 5 heteroatoms.